The smallest absolute Gasteiger partial charge is 0.161 e. The lowest BCUT2D eigenvalue weighted by Gasteiger charge is -2.12. The van der Waals surface area contributed by atoms with E-state index in [1.165, 1.54) is 0 Å². The van der Waals surface area contributed by atoms with Gasteiger partial charge in [0.05, 0.1) is 14.2 Å². The van der Waals surface area contributed by atoms with Crippen LogP contribution in [0.2, 0.25) is 0 Å². The van der Waals surface area contributed by atoms with Crippen molar-refractivity contribution < 1.29 is 9.47 Å². The first-order valence-corrected chi connectivity index (χ1v) is 4.40. The van der Waals surface area contributed by atoms with E-state index < -0.39 is 0 Å². The van der Waals surface area contributed by atoms with Gasteiger partial charge in [-0.3, -0.25) is 0 Å². The van der Waals surface area contributed by atoms with Crippen LogP contribution < -0.4 is 20.9 Å². The van der Waals surface area contributed by atoms with Gasteiger partial charge in [-0.2, -0.15) is 0 Å². The summed E-state index contributed by atoms with van der Waals surface area (Å²) in [6.07, 6.45) is 0. The lowest BCUT2D eigenvalue weighted by Crippen LogP contribution is -2.07. The molecule has 0 bridgehead atoms. The molecule has 0 heterocycles. The second kappa shape index (κ2) is 4.83. The van der Waals surface area contributed by atoms with Crippen LogP contribution in [0, 0.1) is 0 Å². The molecular formula is C10H16N2O2. The number of ether oxygens (including phenoxy) is 2. The normalized spacial score (nSPS) is 10.0. The highest BCUT2D eigenvalue weighted by Crippen LogP contribution is 2.30. The Morgan fingerprint density at radius 1 is 0.929 bits per heavy atom. The maximum atomic E-state index is 5.59. The van der Waals surface area contributed by atoms with Crippen molar-refractivity contribution >= 4 is 0 Å². The topological polar surface area (TPSA) is 70.5 Å². The summed E-state index contributed by atoms with van der Waals surface area (Å²) < 4.78 is 10.3. The standard InChI is InChI=1S/C10H16N2O2/c1-13-9-3-7(5-11)8(6-12)4-10(9)14-2/h3-4H,5-6,11-12H2,1-2H3. The van der Waals surface area contributed by atoms with E-state index in [1.54, 1.807) is 14.2 Å². The van der Waals surface area contributed by atoms with Gasteiger partial charge in [0.15, 0.2) is 11.5 Å². The molecule has 1 aromatic rings. The van der Waals surface area contributed by atoms with Crippen LogP contribution >= 0.6 is 0 Å². The maximum absolute atomic E-state index is 5.59. The van der Waals surface area contributed by atoms with Gasteiger partial charge in [0.1, 0.15) is 0 Å². The van der Waals surface area contributed by atoms with E-state index in [0.29, 0.717) is 24.6 Å². The zero-order chi connectivity index (χ0) is 10.6. The monoisotopic (exact) mass is 196 g/mol. The molecule has 1 rings (SSSR count). The fourth-order valence-corrected chi connectivity index (χ4v) is 1.34. The van der Waals surface area contributed by atoms with Crippen molar-refractivity contribution in [1.29, 1.82) is 0 Å². The third-order valence-corrected chi connectivity index (χ3v) is 2.15. The molecule has 0 unspecified atom stereocenters. The number of benzene rings is 1. The van der Waals surface area contributed by atoms with Crippen LogP contribution in [0.1, 0.15) is 11.1 Å². The number of methoxy groups -OCH3 is 2. The largest absolute Gasteiger partial charge is 0.493 e. The highest BCUT2D eigenvalue weighted by Gasteiger charge is 2.08. The van der Waals surface area contributed by atoms with Crippen molar-refractivity contribution in [3.05, 3.63) is 23.3 Å². The summed E-state index contributed by atoms with van der Waals surface area (Å²) in [5, 5.41) is 0. The van der Waals surface area contributed by atoms with Crippen molar-refractivity contribution in [3.63, 3.8) is 0 Å². The number of hydrogen-bond donors (Lipinski definition) is 2. The van der Waals surface area contributed by atoms with Gasteiger partial charge in [-0.05, 0) is 23.3 Å². The van der Waals surface area contributed by atoms with E-state index in [-0.39, 0.29) is 0 Å². The quantitative estimate of drug-likeness (QED) is 0.740. The molecule has 4 heteroatoms. The van der Waals surface area contributed by atoms with Crippen molar-refractivity contribution in [3.8, 4) is 11.5 Å². The Labute approximate surface area is 83.8 Å². The summed E-state index contributed by atoms with van der Waals surface area (Å²) in [5.41, 5.74) is 13.2. The second-order valence-electron chi connectivity index (χ2n) is 2.88. The van der Waals surface area contributed by atoms with Gasteiger partial charge in [-0.1, -0.05) is 0 Å². The molecule has 0 aliphatic rings. The molecule has 0 aliphatic carbocycles. The highest BCUT2D eigenvalue weighted by atomic mass is 16.5. The van der Waals surface area contributed by atoms with Gasteiger partial charge in [-0.15, -0.1) is 0 Å². The molecule has 0 saturated heterocycles. The summed E-state index contributed by atoms with van der Waals surface area (Å²) in [4.78, 5) is 0. The molecule has 0 radical (unpaired) electrons. The first-order chi connectivity index (χ1) is 6.76. The summed E-state index contributed by atoms with van der Waals surface area (Å²) in [7, 11) is 3.19. The molecule has 0 amide bonds. The first-order valence-electron chi connectivity index (χ1n) is 4.40. The Hall–Kier alpha value is -1.26. The van der Waals surface area contributed by atoms with Crippen LogP contribution in [0.4, 0.5) is 0 Å². The molecule has 0 fully saturated rings. The lowest BCUT2D eigenvalue weighted by molar-refractivity contribution is 0.354. The van der Waals surface area contributed by atoms with Gasteiger partial charge in [0.25, 0.3) is 0 Å². The Morgan fingerprint density at radius 2 is 1.29 bits per heavy atom. The number of hydrogen-bond acceptors (Lipinski definition) is 4. The fourth-order valence-electron chi connectivity index (χ4n) is 1.34. The van der Waals surface area contributed by atoms with E-state index >= 15 is 0 Å². The van der Waals surface area contributed by atoms with Crippen LogP contribution in [0.15, 0.2) is 12.1 Å². The second-order valence-corrected chi connectivity index (χ2v) is 2.88. The van der Waals surface area contributed by atoms with E-state index in [2.05, 4.69) is 0 Å². The average molecular weight is 196 g/mol. The molecule has 14 heavy (non-hydrogen) atoms. The molecule has 4 nitrogen and oxygen atoms in total. The average Bonchev–Trinajstić information content (AvgIpc) is 2.26. The van der Waals surface area contributed by atoms with Crippen molar-refractivity contribution in [2.45, 2.75) is 13.1 Å². The summed E-state index contributed by atoms with van der Waals surface area (Å²) >= 11 is 0. The fraction of sp³-hybridized carbons (Fsp3) is 0.400. The van der Waals surface area contributed by atoms with Crippen molar-refractivity contribution in [1.82, 2.24) is 0 Å². The Balaban J connectivity index is 3.20. The first kappa shape index (κ1) is 10.8. The SMILES string of the molecule is COc1cc(CN)c(CN)cc1OC. The third-order valence-electron chi connectivity index (χ3n) is 2.15. The van der Waals surface area contributed by atoms with E-state index in [4.69, 9.17) is 20.9 Å². The van der Waals surface area contributed by atoms with Gasteiger partial charge in [0, 0.05) is 13.1 Å². The highest BCUT2D eigenvalue weighted by molar-refractivity contribution is 5.47. The van der Waals surface area contributed by atoms with Crippen LogP contribution in [0.3, 0.4) is 0 Å². The van der Waals surface area contributed by atoms with Crippen LogP contribution in [-0.4, -0.2) is 14.2 Å². The van der Waals surface area contributed by atoms with E-state index in [1.807, 2.05) is 12.1 Å². The Bertz CT molecular complexity index is 255. The maximum Gasteiger partial charge on any atom is 0.161 e. The van der Waals surface area contributed by atoms with Crippen LogP contribution in [-0.2, 0) is 13.1 Å². The van der Waals surface area contributed by atoms with Crippen molar-refractivity contribution in [2.24, 2.45) is 11.5 Å². The number of nitrogens with two attached hydrogens (primary N) is 2. The number of rotatable bonds is 4. The van der Waals surface area contributed by atoms with Gasteiger partial charge in [0.2, 0.25) is 0 Å². The van der Waals surface area contributed by atoms with Crippen LogP contribution in [0.5, 0.6) is 11.5 Å². The van der Waals surface area contributed by atoms with E-state index in [0.717, 1.165) is 11.1 Å². The predicted octanol–water partition coefficient (Wildman–Crippen LogP) is 0.621. The summed E-state index contributed by atoms with van der Waals surface area (Å²) in [6.45, 7) is 0.903. The molecule has 1 aromatic carbocycles. The van der Waals surface area contributed by atoms with Gasteiger partial charge in [-0.25, -0.2) is 0 Å². The Morgan fingerprint density at radius 3 is 1.50 bits per heavy atom. The van der Waals surface area contributed by atoms with Crippen LogP contribution in [0.25, 0.3) is 0 Å². The van der Waals surface area contributed by atoms with E-state index in [9.17, 15) is 0 Å². The zero-order valence-corrected chi connectivity index (χ0v) is 8.54. The molecule has 0 aromatic heterocycles. The summed E-state index contributed by atoms with van der Waals surface area (Å²) in [5.74, 6) is 1.37. The zero-order valence-electron chi connectivity index (χ0n) is 8.54. The molecule has 0 spiro atoms. The molecule has 78 valence electrons. The minimum Gasteiger partial charge on any atom is -0.493 e. The lowest BCUT2D eigenvalue weighted by atomic mass is 10.1. The van der Waals surface area contributed by atoms with Gasteiger partial charge < -0.3 is 20.9 Å². The Kier molecular flexibility index (Phi) is 3.73. The molecule has 0 saturated carbocycles. The molecule has 0 aliphatic heterocycles. The molecule has 4 N–H and O–H groups in total. The van der Waals surface area contributed by atoms with Crippen molar-refractivity contribution in [2.75, 3.05) is 14.2 Å². The molecular weight excluding hydrogens is 180 g/mol. The minimum absolute atomic E-state index is 0.451. The molecule has 0 atom stereocenters. The minimum atomic E-state index is 0.451. The predicted molar refractivity (Wildman–Crippen MR) is 55.3 cm³/mol. The third kappa shape index (κ3) is 1.97. The summed E-state index contributed by atoms with van der Waals surface area (Å²) in [6, 6.07) is 3.72. The van der Waals surface area contributed by atoms with Gasteiger partial charge >= 0.3 is 0 Å².